The highest BCUT2D eigenvalue weighted by molar-refractivity contribution is 6.01. The molecule has 0 aliphatic heterocycles. The van der Waals surface area contributed by atoms with Crippen molar-refractivity contribution in [2.24, 2.45) is 0 Å². The minimum Gasteiger partial charge on any atom is -0.294 e. The van der Waals surface area contributed by atoms with Crippen molar-refractivity contribution in [3.8, 4) is 11.1 Å². The standard InChI is InChI=1S/C15H13FO/c1-10-9-12(16)7-8-13(10)15-6-4-3-5-14(15)11(2)17/h3-9H,1-2H3. The van der Waals surface area contributed by atoms with Crippen LogP contribution in [0.1, 0.15) is 22.8 Å². The predicted molar refractivity (Wildman–Crippen MR) is 66.6 cm³/mol. The summed E-state index contributed by atoms with van der Waals surface area (Å²) in [5, 5.41) is 0. The molecule has 0 aromatic heterocycles. The lowest BCUT2D eigenvalue weighted by Crippen LogP contribution is -1.97. The molecule has 0 saturated heterocycles. The van der Waals surface area contributed by atoms with Crippen LogP contribution in [0.2, 0.25) is 0 Å². The number of halogens is 1. The molecule has 2 aromatic rings. The number of ketones is 1. The van der Waals surface area contributed by atoms with Gasteiger partial charge in [0, 0.05) is 5.56 Å². The maximum Gasteiger partial charge on any atom is 0.160 e. The molecule has 0 bridgehead atoms. The molecule has 0 heterocycles. The molecule has 0 N–H and O–H groups in total. The molecule has 17 heavy (non-hydrogen) atoms. The van der Waals surface area contributed by atoms with Crippen LogP contribution in [0.5, 0.6) is 0 Å². The van der Waals surface area contributed by atoms with E-state index in [9.17, 15) is 9.18 Å². The summed E-state index contributed by atoms with van der Waals surface area (Å²) >= 11 is 0. The molecular weight excluding hydrogens is 215 g/mol. The third kappa shape index (κ3) is 2.26. The number of aryl methyl sites for hydroxylation is 1. The first-order valence-corrected chi connectivity index (χ1v) is 5.46. The van der Waals surface area contributed by atoms with E-state index in [2.05, 4.69) is 0 Å². The summed E-state index contributed by atoms with van der Waals surface area (Å²) < 4.78 is 13.1. The zero-order valence-corrected chi connectivity index (χ0v) is 9.83. The van der Waals surface area contributed by atoms with Gasteiger partial charge in [-0.15, -0.1) is 0 Å². The van der Waals surface area contributed by atoms with E-state index in [-0.39, 0.29) is 11.6 Å². The van der Waals surface area contributed by atoms with E-state index >= 15 is 0 Å². The number of hydrogen-bond donors (Lipinski definition) is 0. The van der Waals surface area contributed by atoms with Gasteiger partial charge in [0.1, 0.15) is 5.82 Å². The molecule has 0 amide bonds. The number of carbonyl (C=O) groups excluding carboxylic acids is 1. The van der Waals surface area contributed by atoms with Gasteiger partial charge in [0.2, 0.25) is 0 Å². The first kappa shape index (κ1) is 11.5. The SMILES string of the molecule is CC(=O)c1ccccc1-c1ccc(F)cc1C. The molecule has 0 radical (unpaired) electrons. The van der Waals surface area contributed by atoms with E-state index in [1.54, 1.807) is 12.1 Å². The molecule has 0 atom stereocenters. The summed E-state index contributed by atoms with van der Waals surface area (Å²) in [4.78, 5) is 11.5. The van der Waals surface area contributed by atoms with Gasteiger partial charge in [-0.1, -0.05) is 30.3 Å². The van der Waals surface area contributed by atoms with Crippen molar-refractivity contribution < 1.29 is 9.18 Å². The second kappa shape index (κ2) is 4.50. The van der Waals surface area contributed by atoms with E-state index in [0.717, 1.165) is 16.7 Å². The first-order valence-electron chi connectivity index (χ1n) is 5.46. The van der Waals surface area contributed by atoms with Crippen LogP contribution in [0.15, 0.2) is 42.5 Å². The normalized spacial score (nSPS) is 10.3. The van der Waals surface area contributed by atoms with E-state index in [1.807, 2.05) is 25.1 Å². The summed E-state index contributed by atoms with van der Waals surface area (Å²) in [6.07, 6.45) is 0. The molecule has 0 fully saturated rings. The maximum atomic E-state index is 13.1. The highest BCUT2D eigenvalue weighted by Gasteiger charge is 2.10. The summed E-state index contributed by atoms with van der Waals surface area (Å²) in [7, 11) is 0. The Labute approximate surface area is 99.9 Å². The van der Waals surface area contributed by atoms with Gasteiger partial charge in [0.25, 0.3) is 0 Å². The summed E-state index contributed by atoms with van der Waals surface area (Å²) in [5.74, 6) is -0.240. The Bertz CT molecular complexity index is 573. The van der Waals surface area contributed by atoms with Crippen LogP contribution in [0.3, 0.4) is 0 Å². The van der Waals surface area contributed by atoms with Crippen molar-refractivity contribution in [1.29, 1.82) is 0 Å². The quantitative estimate of drug-likeness (QED) is 0.710. The maximum absolute atomic E-state index is 13.1. The fraction of sp³-hybridized carbons (Fsp3) is 0.133. The second-order valence-corrected chi connectivity index (χ2v) is 4.06. The third-order valence-electron chi connectivity index (χ3n) is 2.78. The van der Waals surface area contributed by atoms with Gasteiger partial charge in [0.15, 0.2) is 5.78 Å². The van der Waals surface area contributed by atoms with Crippen LogP contribution >= 0.6 is 0 Å². The molecule has 0 saturated carbocycles. The van der Waals surface area contributed by atoms with E-state index in [4.69, 9.17) is 0 Å². The van der Waals surface area contributed by atoms with E-state index < -0.39 is 0 Å². The van der Waals surface area contributed by atoms with Crippen LogP contribution in [-0.4, -0.2) is 5.78 Å². The van der Waals surface area contributed by atoms with Crippen molar-refractivity contribution in [2.45, 2.75) is 13.8 Å². The Morgan fingerprint density at radius 3 is 2.41 bits per heavy atom. The Hall–Kier alpha value is -1.96. The molecule has 0 aliphatic carbocycles. The predicted octanol–water partition coefficient (Wildman–Crippen LogP) is 4.00. The van der Waals surface area contributed by atoms with Crippen LogP contribution in [0.25, 0.3) is 11.1 Å². The molecule has 1 nitrogen and oxygen atoms in total. The lowest BCUT2D eigenvalue weighted by atomic mass is 9.94. The fourth-order valence-electron chi connectivity index (χ4n) is 1.95. The van der Waals surface area contributed by atoms with Crippen molar-refractivity contribution in [2.75, 3.05) is 0 Å². The monoisotopic (exact) mass is 228 g/mol. The van der Waals surface area contributed by atoms with Gasteiger partial charge < -0.3 is 0 Å². The Kier molecular flexibility index (Phi) is 3.05. The zero-order valence-electron chi connectivity index (χ0n) is 9.83. The number of rotatable bonds is 2. The van der Waals surface area contributed by atoms with Gasteiger partial charge >= 0.3 is 0 Å². The number of carbonyl (C=O) groups is 1. The topological polar surface area (TPSA) is 17.1 Å². The summed E-state index contributed by atoms with van der Waals surface area (Å²) in [6.45, 7) is 3.38. The molecule has 86 valence electrons. The molecular formula is C15H13FO. The van der Waals surface area contributed by atoms with E-state index in [1.165, 1.54) is 19.1 Å². The van der Waals surface area contributed by atoms with Crippen molar-refractivity contribution in [3.63, 3.8) is 0 Å². The minimum atomic E-state index is -0.258. The lowest BCUT2D eigenvalue weighted by molar-refractivity contribution is 0.101. The Morgan fingerprint density at radius 1 is 1.06 bits per heavy atom. The van der Waals surface area contributed by atoms with Crippen molar-refractivity contribution in [1.82, 2.24) is 0 Å². The van der Waals surface area contributed by atoms with Crippen molar-refractivity contribution >= 4 is 5.78 Å². The number of benzene rings is 2. The van der Waals surface area contributed by atoms with Gasteiger partial charge in [0.05, 0.1) is 0 Å². The molecule has 2 rings (SSSR count). The summed E-state index contributed by atoms with van der Waals surface area (Å²) in [5.41, 5.74) is 3.26. The average molecular weight is 228 g/mol. The number of Topliss-reactive ketones (excluding diaryl/α,β-unsaturated/α-hetero) is 1. The molecule has 0 aliphatic rings. The van der Waals surface area contributed by atoms with Gasteiger partial charge in [-0.2, -0.15) is 0 Å². The molecule has 0 spiro atoms. The van der Waals surface area contributed by atoms with Crippen LogP contribution in [0, 0.1) is 12.7 Å². The molecule has 0 unspecified atom stereocenters. The Morgan fingerprint density at radius 2 is 1.76 bits per heavy atom. The number of hydrogen-bond acceptors (Lipinski definition) is 1. The van der Waals surface area contributed by atoms with Crippen molar-refractivity contribution in [3.05, 3.63) is 59.4 Å². The first-order chi connectivity index (χ1) is 8.09. The van der Waals surface area contributed by atoms with Crippen LogP contribution in [0.4, 0.5) is 4.39 Å². The highest BCUT2D eigenvalue weighted by Crippen LogP contribution is 2.27. The average Bonchev–Trinajstić information content (AvgIpc) is 2.29. The van der Waals surface area contributed by atoms with Crippen LogP contribution in [-0.2, 0) is 0 Å². The van der Waals surface area contributed by atoms with Gasteiger partial charge in [-0.05, 0) is 42.7 Å². The Balaban J connectivity index is 2.64. The summed E-state index contributed by atoms with van der Waals surface area (Å²) in [6, 6.07) is 12.0. The third-order valence-corrected chi connectivity index (χ3v) is 2.78. The molecule has 2 aromatic carbocycles. The highest BCUT2D eigenvalue weighted by atomic mass is 19.1. The fourth-order valence-corrected chi connectivity index (χ4v) is 1.95. The van der Waals surface area contributed by atoms with Gasteiger partial charge in [-0.25, -0.2) is 4.39 Å². The zero-order chi connectivity index (χ0) is 12.4. The van der Waals surface area contributed by atoms with E-state index in [0.29, 0.717) is 5.56 Å². The molecule has 2 heteroatoms. The smallest absolute Gasteiger partial charge is 0.160 e. The second-order valence-electron chi connectivity index (χ2n) is 4.06. The largest absolute Gasteiger partial charge is 0.294 e. The minimum absolute atomic E-state index is 0.0179. The van der Waals surface area contributed by atoms with Gasteiger partial charge in [-0.3, -0.25) is 4.79 Å². The lowest BCUT2D eigenvalue weighted by Gasteiger charge is -2.09. The van der Waals surface area contributed by atoms with Crippen LogP contribution < -0.4 is 0 Å².